The van der Waals surface area contributed by atoms with E-state index in [0.29, 0.717) is 13.0 Å². The Labute approximate surface area is 90.5 Å². The first kappa shape index (κ1) is 13.9. The number of amides is 1. The summed E-state index contributed by atoms with van der Waals surface area (Å²) < 4.78 is 0. The molecule has 15 heavy (non-hydrogen) atoms. The highest BCUT2D eigenvalue weighted by Gasteiger charge is 2.21. The van der Waals surface area contributed by atoms with Gasteiger partial charge in [-0.15, -0.1) is 0 Å². The van der Waals surface area contributed by atoms with Gasteiger partial charge >= 0.3 is 5.97 Å². The van der Waals surface area contributed by atoms with E-state index >= 15 is 0 Å². The zero-order valence-corrected chi connectivity index (χ0v) is 9.83. The molecule has 0 aromatic carbocycles. The van der Waals surface area contributed by atoms with Gasteiger partial charge in [0, 0.05) is 12.0 Å². The molecule has 5 nitrogen and oxygen atoms in total. The molecule has 5 heteroatoms. The minimum absolute atomic E-state index is 0.0647. The Balaban J connectivity index is 4.01. The lowest BCUT2D eigenvalue weighted by Gasteiger charge is -2.26. The number of carboxylic acids is 1. The van der Waals surface area contributed by atoms with E-state index in [1.807, 2.05) is 27.9 Å². The van der Waals surface area contributed by atoms with E-state index < -0.39 is 11.5 Å². The van der Waals surface area contributed by atoms with E-state index in [1.54, 1.807) is 4.90 Å². The normalized spacial score (nSPS) is 11.5. The maximum absolute atomic E-state index is 11.4. The van der Waals surface area contributed by atoms with E-state index in [4.69, 9.17) is 5.11 Å². The highest BCUT2D eigenvalue weighted by atomic mass is 16.4. The highest BCUT2D eigenvalue weighted by Crippen LogP contribution is 2.10. The molecule has 1 amide bonds. The van der Waals surface area contributed by atoms with Crippen LogP contribution < -0.4 is 5.32 Å². The number of carbonyl (C=O) groups excluding carboxylic acids is 1. The summed E-state index contributed by atoms with van der Waals surface area (Å²) in [4.78, 5) is 23.6. The Bertz CT molecular complexity index is 237. The highest BCUT2D eigenvalue weighted by molar-refractivity contribution is 5.78. The number of hydrogen-bond donors (Lipinski definition) is 2. The van der Waals surface area contributed by atoms with Crippen LogP contribution in [0.3, 0.4) is 0 Å². The third-order valence-corrected chi connectivity index (χ3v) is 1.90. The van der Waals surface area contributed by atoms with Crippen LogP contribution in [0, 0.1) is 0 Å². The summed E-state index contributed by atoms with van der Waals surface area (Å²) in [6.45, 7) is 3.96. The van der Waals surface area contributed by atoms with Crippen molar-refractivity contribution in [2.24, 2.45) is 0 Å². The van der Waals surface area contributed by atoms with Crippen molar-refractivity contribution in [1.29, 1.82) is 0 Å². The van der Waals surface area contributed by atoms with Gasteiger partial charge in [0.05, 0.1) is 6.54 Å². The number of aliphatic carboxylic acids is 1. The van der Waals surface area contributed by atoms with Gasteiger partial charge in [-0.05, 0) is 34.4 Å². The summed E-state index contributed by atoms with van der Waals surface area (Å²) in [5.41, 5.74) is -0.467. The largest absolute Gasteiger partial charge is 0.481 e. The van der Waals surface area contributed by atoms with Crippen LogP contribution in [-0.4, -0.2) is 48.1 Å². The van der Waals surface area contributed by atoms with Crippen LogP contribution >= 0.6 is 0 Å². The van der Waals surface area contributed by atoms with Crippen molar-refractivity contribution in [2.45, 2.75) is 32.2 Å². The van der Waals surface area contributed by atoms with E-state index in [1.165, 1.54) is 0 Å². The fourth-order valence-corrected chi connectivity index (χ4v) is 1.19. The summed E-state index contributed by atoms with van der Waals surface area (Å²) in [6, 6.07) is 0. The summed E-state index contributed by atoms with van der Waals surface area (Å²) in [6.07, 6.45) is 0.497. The molecular weight excluding hydrogens is 196 g/mol. The topological polar surface area (TPSA) is 69.6 Å². The zero-order valence-electron chi connectivity index (χ0n) is 9.83. The molecule has 2 N–H and O–H groups in total. The average Bonchev–Trinajstić information content (AvgIpc) is 1.98. The maximum atomic E-state index is 11.4. The van der Waals surface area contributed by atoms with Gasteiger partial charge in [0.2, 0.25) is 5.91 Å². The Morgan fingerprint density at radius 1 is 1.33 bits per heavy atom. The minimum atomic E-state index is -0.843. The summed E-state index contributed by atoms with van der Waals surface area (Å²) in [5, 5.41) is 11.3. The molecule has 0 aliphatic rings. The Kier molecular flexibility index (Phi) is 5.28. The monoisotopic (exact) mass is 216 g/mol. The molecule has 88 valence electrons. The molecule has 0 unspecified atom stereocenters. The Hall–Kier alpha value is -1.10. The van der Waals surface area contributed by atoms with E-state index in [2.05, 4.69) is 5.32 Å². The van der Waals surface area contributed by atoms with Crippen molar-refractivity contribution in [1.82, 2.24) is 10.2 Å². The van der Waals surface area contributed by atoms with Crippen molar-refractivity contribution in [3.63, 3.8) is 0 Å². The lowest BCUT2D eigenvalue weighted by atomic mass is 9.98. The molecule has 0 saturated carbocycles. The number of likely N-dealkylation sites (N-methyl/N-ethyl adjacent to an activating group) is 1. The number of rotatable bonds is 6. The number of nitrogens with one attached hydrogen (secondary N) is 1. The van der Waals surface area contributed by atoms with Crippen LogP contribution in [0.25, 0.3) is 0 Å². The molecule has 0 bridgehead atoms. The van der Waals surface area contributed by atoms with Crippen molar-refractivity contribution in [3.05, 3.63) is 0 Å². The Morgan fingerprint density at radius 2 is 1.87 bits per heavy atom. The van der Waals surface area contributed by atoms with Crippen LogP contribution in [0.15, 0.2) is 0 Å². The van der Waals surface area contributed by atoms with Crippen molar-refractivity contribution in [3.8, 4) is 0 Å². The molecule has 0 aromatic rings. The molecule has 0 radical (unpaired) electrons. The van der Waals surface area contributed by atoms with Crippen molar-refractivity contribution >= 4 is 11.9 Å². The third-order valence-electron chi connectivity index (χ3n) is 1.90. The predicted molar refractivity (Wildman–Crippen MR) is 57.6 cm³/mol. The van der Waals surface area contributed by atoms with Gasteiger partial charge in [-0.3, -0.25) is 9.59 Å². The van der Waals surface area contributed by atoms with E-state index in [9.17, 15) is 9.59 Å². The second-order valence-corrected chi connectivity index (χ2v) is 4.56. The van der Waals surface area contributed by atoms with Gasteiger partial charge in [0.15, 0.2) is 0 Å². The van der Waals surface area contributed by atoms with Gasteiger partial charge in [0.25, 0.3) is 0 Å². The second kappa shape index (κ2) is 5.70. The number of hydrogen-bond acceptors (Lipinski definition) is 3. The fourth-order valence-electron chi connectivity index (χ4n) is 1.19. The first-order chi connectivity index (χ1) is 6.73. The maximum Gasteiger partial charge on any atom is 0.303 e. The van der Waals surface area contributed by atoms with Gasteiger partial charge in [-0.1, -0.05) is 0 Å². The molecule has 0 aliphatic heterocycles. The molecule has 0 heterocycles. The Morgan fingerprint density at radius 3 is 2.27 bits per heavy atom. The SMILES string of the molecule is CN(C)CC(=O)NC(C)(C)CCC(=O)O. The molecule has 0 aromatic heterocycles. The number of carbonyl (C=O) groups is 2. The van der Waals surface area contributed by atoms with Crippen molar-refractivity contribution < 1.29 is 14.7 Å². The molecule has 0 spiro atoms. The van der Waals surface area contributed by atoms with Gasteiger partial charge in [-0.2, -0.15) is 0 Å². The van der Waals surface area contributed by atoms with Crippen LogP contribution in [0.5, 0.6) is 0 Å². The van der Waals surface area contributed by atoms with Gasteiger partial charge in [0.1, 0.15) is 0 Å². The average molecular weight is 216 g/mol. The minimum Gasteiger partial charge on any atom is -0.481 e. The molecule has 0 rings (SSSR count). The van der Waals surface area contributed by atoms with Crippen LogP contribution in [0.1, 0.15) is 26.7 Å². The molecule has 0 fully saturated rings. The summed E-state index contributed by atoms with van der Waals surface area (Å²) in [5.74, 6) is -0.930. The van der Waals surface area contributed by atoms with E-state index in [-0.39, 0.29) is 12.3 Å². The standard InChI is InChI=1S/C10H20N2O3/c1-10(2,6-5-9(14)15)11-8(13)7-12(3)4/h5-7H2,1-4H3,(H,11,13)(H,14,15). The molecule has 0 saturated heterocycles. The smallest absolute Gasteiger partial charge is 0.303 e. The lowest BCUT2D eigenvalue weighted by molar-refractivity contribution is -0.137. The van der Waals surface area contributed by atoms with E-state index in [0.717, 1.165) is 0 Å². The first-order valence-electron chi connectivity index (χ1n) is 4.90. The number of nitrogens with zero attached hydrogens (tertiary/aromatic N) is 1. The molecular formula is C10H20N2O3. The quantitative estimate of drug-likeness (QED) is 0.670. The van der Waals surface area contributed by atoms with Crippen LogP contribution in [0.4, 0.5) is 0 Å². The first-order valence-corrected chi connectivity index (χ1v) is 4.90. The predicted octanol–water partition coefficient (Wildman–Crippen LogP) is 0.308. The van der Waals surface area contributed by atoms with Gasteiger partial charge < -0.3 is 15.3 Å². The van der Waals surface area contributed by atoms with Gasteiger partial charge in [-0.25, -0.2) is 0 Å². The second-order valence-electron chi connectivity index (χ2n) is 4.56. The summed E-state index contributed by atoms with van der Waals surface area (Å²) in [7, 11) is 3.62. The molecule has 0 atom stereocenters. The third kappa shape index (κ3) is 7.93. The molecule has 0 aliphatic carbocycles. The van der Waals surface area contributed by atoms with Crippen LogP contribution in [0.2, 0.25) is 0 Å². The zero-order chi connectivity index (χ0) is 12.1. The van der Waals surface area contributed by atoms with Crippen molar-refractivity contribution in [2.75, 3.05) is 20.6 Å². The lowest BCUT2D eigenvalue weighted by Crippen LogP contribution is -2.46. The number of carboxylic acid groups (broad SMARTS) is 1. The van der Waals surface area contributed by atoms with Crippen LogP contribution in [-0.2, 0) is 9.59 Å². The fraction of sp³-hybridized carbons (Fsp3) is 0.800. The summed E-state index contributed by atoms with van der Waals surface area (Å²) >= 11 is 0.